The van der Waals surface area contributed by atoms with Crippen molar-refractivity contribution in [3.05, 3.63) is 63.8 Å². The van der Waals surface area contributed by atoms with Crippen molar-refractivity contribution in [3.8, 4) is 5.75 Å². The second kappa shape index (κ2) is 10.3. The van der Waals surface area contributed by atoms with Gasteiger partial charge in [-0.3, -0.25) is 0 Å². The number of ether oxygens (including phenoxy) is 1. The number of aliphatic hydroxyl groups excluding tert-OH is 1. The van der Waals surface area contributed by atoms with Crippen molar-refractivity contribution in [1.82, 2.24) is 0 Å². The number of hydrogen-bond acceptors (Lipinski definition) is 6. The van der Waals surface area contributed by atoms with Gasteiger partial charge in [-0.05, 0) is 79.0 Å². The van der Waals surface area contributed by atoms with Crippen LogP contribution in [0.3, 0.4) is 0 Å². The van der Waals surface area contributed by atoms with Gasteiger partial charge in [-0.25, -0.2) is 4.79 Å². The van der Waals surface area contributed by atoms with Crippen LogP contribution in [0.4, 0.5) is 5.69 Å². The van der Waals surface area contributed by atoms with Gasteiger partial charge in [0.15, 0.2) is 0 Å². The molecule has 1 aliphatic heterocycles. The molecule has 0 spiro atoms. The number of thioether (sulfide) groups is 1. The highest BCUT2D eigenvalue weighted by Gasteiger charge is 2.42. The van der Waals surface area contributed by atoms with E-state index in [1.807, 2.05) is 31.2 Å². The lowest BCUT2D eigenvalue weighted by Crippen LogP contribution is -2.40. The molecule has 0 bridgehead atoms. The van der Waals surface area contributed by atoms with Crippen LogP contribution in [0.25, 0.3) is 0 Å². The minimum atomic E-state index is -0.733. The van der Waals surface area contributed by atoms with E-state index in [4.69, 9.17) is 10.5 Å². The molecule has 0 saturated carbocycles. The van der Waals surface area contributed by atoms with Crippen molar-refractivity contribution in [3.63, 3.8) is 0 Å². The number of carbonyl (C=O) groups is 1. The van der Waals surface area contributed by atoms with E-state index in [1.54, 1.807) is 12.1 Å². The first-order chi connectivity index (χ1) is 15.9. The molecule has 0 aromatic heterocycles. The zero-order valence-corrected chi connectivity index (χ0v) is 21.7. The third-order valence-corrected chi connectivity index (χ3v) is 7.59. The fraction of sp³-hybridized carbons (Fsp3) is 0.464. The van der Waals surface area contributed by atoms with Gasteiger partial charge in [-0.1, -0.05) is 58.0 Å². The lowest BCUT2D eigenvalue weighted by Gasteiger charge is -2.37. The summed E-state index contributed by atoms with van der Waals surface area (Å²) >= 11 is 1.27. The van der Waals surface area contributed by atoms with Crippen molar-refractivity contribution in [2.75, 3.05) is 5.73 Å². The Morgan fingerprint density at radius 2 is 1.79 bits per heavy atom. The number of anilines is 1. The van der Waals surface area contributed by atoms with Crippen molar-refractivity contribution in [1.29, 1.82) is 0 Å². The Hall–Kier alpha value is -2.60. The van der Waals surface area contributed by atoms with Gasteiger partial charge in [0.25, 0.3) is 0 Å². The van der Waals surface area contributed by atoms with Crippen molar-refractivity contribution >= 4 is 23.4 Å². The number of aryl methyl sites for hydroxylation is 2. The molecule has 1 aliphatic rings. The molecule has 5 nitrogen and oxygen atoms in total. The number of unbranched alkanes of at least 4 members (excludes halogenated alkanes) is 1. The SMILES string of the molecule is CCCC[C@@]1(CCc2ccc(O)cc2)CC(O)=C(Sc2cc(C)c(N)cc2C(C)(C)C)C(=O)O1. The van der Waals surface area contributed by atoms with Crippen molar-refractivity contribution in [2.45, 2.75) is 89.1 Å². The minimum Gasteiger partial charge on any atom is -0.511 e. The first-order valence-corrected chi connectivity index (χ1v) is 12.8. The fourth-order valence-corrected chi connectivity index (χ4v) is 5.54. The maximum atomic E-state index is 13.2. The fourth-order valence-electron chi connectivity index (χ4n) is 4.30. The summed E-state index contributed by atoms with van der Waals surface area (Å²) in [7, 11) is 0. The molecule has 0 aliphatic carbocycles. The average Bonchev–Trinajstić information content (AvgIpc) is 2.76. The number of nitrogen functional groups attached to an aromatic ring is 1. The van der Waals surface area contributed by atoms with E-state index in [0.29, 0.717) is 31.4 Å². The van der Waals surface area contributed by atoms with Gasteiger partial charge >= 0.3 is 5.97 Å². The minimum absolute atomic E-state index is 0.0948. The quantitative estimate of drug-likeness (QED) is 0.278. The topological polar surface area (TPSA) is 92.8 Å². The highest BCUT2D eigenvalue weighted by molar-refractivity contribution is 8.04. The largest absolute Gasteiger partial charge is 0.511 e. The predicted octanol–water partition coefficient (Wildman–Crippen LogP) is 6.95. The standard InChI is InChI=1S/C28H37NO4S/c1-6-7-13-28(14-12-19-8-10-20(30)11-9-19)17-23(31)25(26(32)33-28)34-24-15-18(2)22(29)16-21(24)27(3,4)5/h8-11,15-16,30-31H,6-7,12-14,17,29H2,1-5H3/t28-/m1/s1. The highest BCUT2D eigenvalue weighted by Crippen LogP contribution is 2.45. The van der Waals surface area contributed by atoms with Crippen LogP contribution in [-0.2, 0) is 21.4 Å². The second-order valence-electron chi connectivity index (χ2n) is 10.4. The van der Waals surface area contributed by atoms with E-state index in [0.717, 1.165) is 34.4 Å². The zero-order valence-electron chi connectivity index (χ0n) is 20.9. The van der Waals surface area contributed by atoms with Crippen LogP contribution in [0.15, 0.2) is 52.0 Å². The molecule has 2 aromatic carbocycles. The van der Waals surface area contributed by atoms with E-state index in [2.05, 4.69) is 27.7 Å². The van der Waals surface area contributed by atoms with Crippen LogP contribution in [0.5, 0.6) is 5.75 Å². The second-order valence-corrected chi connectivity index (χ2v) is 11.4. The van der Waals surface area contributed by atoms with E-state index in [9.17, 15) is 15.0 Å². The number of aliphatic hydroxyl groups is 1. The molecule has 3 rings (SSSR count). The first-order valence-electron chi connectivity index (χ1n) is 12.0. The summed E-state index contributed by atoms with van der Waals surface area (Å²) < 4.78 is 6.10. The molecular formula is C28H37NO4S. The Balaban J connectivity index is 1.89. The number of carbonyl (C=O) groups excluding carboxylic acids is 1. The number of benzene rings is 2. The molecular weight excluding hydrogens is 446 g/mol. The van der Waals surface area contributed by atoms with E-state index in [-0.39, 0.29) is 21.8 Å². The molecule has 0 amide bonds. The van der Waals surface area contributed by atoms with Gasteiger partial charge in [-0.15, -0.1) is 0 Å². The van der Waals surface area contributed by atoms with Gasteiger partial charge in [0.1, 0.15) is 22.0 Å². The summed E-state index contributed by atoms with van der Waals surface area (Å²) in [5.41, 5.74) is 9.00. The van der Waals surface area contributed by atoms with Crippen LogP contribution in [-0.4, -0.2) is 21.8 Å². The third-order valence-electron chi connectivity index (χ3n) is 6.43. The van der Waals surface area contributed by atoms with Crippen molar-refractivity contribution < 1.29 is 19.7 Å². The Labute approximate surface area is 207 Å². The summed E-state index contributed by atoms with van der Waals surface area (Å²) in [5, 5.41) is 20.6. The van der Waals surface area contributed by atoms with Crippen LogP contribution < -0.4 is 5.73 Å². The summed E-state index contributed by atoms with van der Waals surface area (Å²) in [6.07, 6.45) is 4.19. The average molecular weight is 484 g/mol. The predicted molar refractivity (Wildman–Crippen MR) is 139 cm³/mol. The summed E-state index contributed by atoms with van der Waals surface area (Å²) in [6.45, 7) is 10.4. The molecule has 1 heterocycles. The van der Waals surface area contributed by atoms with Gasteiger partial charge in [0, 0.05) is 17.0 Å². The monoisotopic (exact) mass is 483 g/mol. The molecule has 0 unspecified atom stereocenters. The van der Waals surface area contributed by atoms with E-state index < -0.39 is 11.6 Å². The summed E-state index contributed by atoms with van der Waals surface area (Å²) in [5.74, 6) is -0.148. The number of rotatable bonds is 8. The van der Waals surface area contributed by atoms with Crippen LogP contribution in [0, 0.1) is 6.92 Å². The Kier molecular flexibility index (Phi) is 7.91. The molecule has 184 valence electrons. The molecule has 0 fully saturated rings. The number of esters is 1. The van der Waals surface area contributed by atoms with Gasteiger partial charge in [0.2, 0.25) is 0 Å². The Morgan fingerprint density at radius 3 is 2.38 bits per heavy atom. The maximum Gasteiger partial charge on any atom is 0.349 e. The zero-order chi connectivity index (χ0) is 25.1. The number of phenolic OH excluding ortho intramolecular Hbond substituents is 1. The first kappa shape index (κ1) is 26.0. The molecule has 4 N–H and O–H groups in total. The molecule has 0 saturated heterocycles. The molecule has 6 heteroatoms. The normalized spacial score (nSPS) is 18.8. The van der Waals surface area contributed by atoms with Gasteiger partial charge in [-0.2, -0.15) is 0 Å². The summed E-state index contributed by atoms with van der Waals surface area (Å²) in [6, 6.07) is 11.0. The molecule has 34 heavy (non-hydrogen) atoms. The lowest BCUT2D eigenvalue weighted by atomic mass is 9.84. The Bertz CT molecular complexity index is 1070. The number of phenols is 1. The van der Waals surface area contributed by atoms with Crippen LogP contribution in [0.2, 0.25) is 0 Å². The maximum absolute atomic E-state index is 13.2. The molecule has 2 aromatic rings. The van der Waals surface area contributed by atoms with Gasteiger partial charge < -0.3 is 20.7 Å². The van der Waals surface area contributed by atoms with E-state index in [1.165, 1.54) is 11.8 Å². The number of aromatic hydroxyl groups is 1. The number of cyclic esters (lactones) is 1. The van der Waals surface area contributed by atoms with Crippen LogP contribution in [0.1, 0.15) is 76.5 Å². The number of hydrogen-bond donors (Lipinski definition) is 3. The summed E-state index contributed by atoms with van der Waals surface area (Å²) in [4.78, 5) is 14.4. The number of nitrogens with two attached hydrogens (primary N) is 1. The van der Waals surface area contributed by atoms with Crippen molar-refractivity contribution in [2.24, 2.45) is 0 Å². The third kappa shape index (κ3) is 6.09. The molecule has 1 atom stereocenters. The van der Waals surface area contributed by atoms with Crippen LogP contribution >= 0.6 is 11.8 Å². The highest BCUT2D eigenvalue weighted by atomic mass is 32.2. The van der Waals surface area contributed by atoms with E-state index >= 15 is 0 Å². The molecule has 0 radical (unpaired) electrons. The Morgan fingerprint density at radius 1 is 1.12 bits per heavy atom. The smallest absolute Gasteiger partial charge is 0.349 e. The van der Waals surface area contributed by atoms with Gasteiger partial charge in [0.05, 0.1) is 0 Å². The lowest BCUT2D eigenvalue weighted by molar-refractivity contribution is -0.159.